The number of hydrogen-bond donors (Lipinski definition) is 0. The monoisotopic (exact) mass is 310 g/mol. The summed E-state index contributed by atoms with van der Waals surface area (Å²) in [5.74, 6) is 0. The van der Waals surface area contributed by atoms with Crippen molar-refractivity contribution in [1.82, 2.24) is 0 Å². The molecule has 0 amide bonds. The van der Waals surface area contributed by atoms with Crippen molar-refractivity contribution in [2.24, 2.45) is 0 Å². The molecule has 1 aliphatic carbocycles. The van der Waals surface area contributed by atoms with E-state index in [2.05, 4.69) is 66.2 Å². The normalized spacial score (nSPS) is 17.2. The summed E-state index contributed by atoms with van der Waals surface area (Å²) in [5.41, 5.74) is 7.34. The first kappa shape index (κ1) is 12.1. The zero-order valence-electron chi connectivity index (χ0n) is 10.8. The van der Waals surface area contributed by atoms with Crippen molar-refractivity contribution in [2.75, 3.05) is 0 Å². The zero-order chi connectivity index (χ0) is 12.5. The molecule has 0 aliphatic heterocycles. The minimum absolute atomic E-state index is 0.303. The number of fused-ring (bicyclic) bond motifs is 1. The van der Waals surface area contributed by atoms with Crippen molar-refractivity contribution in [3.63, 3.8) is 0 Å². The molecule has 0 nitrogen and oxygen atoms in total. The van der Waals surface area contributed by atoms with E-state index in [0.29, 0.717) is 0 Å². The predicted octanol–water partition coefficient (Wildman–Crippen LogP) is 4.94. The van der Waals surface area contributed by atoms with Gasteiger partial charge in [0.05, 0.1) is 0 Å². The number of benzene rings is 2. The average Bonchev–Trinajstić information content (AvgIpc) is 2.74. The van der Waals surface area contributed by atoms with Crippen LogP contribution in [0.2, 0.25) is 4.63 Å². The van der Waals surface area contributed by atoms with Crippen molar-refractivity contribution in [1.29, 1.82) is 0 Å². The topological polar surface area (TPSA) is 0 Å². The Morgan fingerprint density at radius 2 is 1.72 bits per heavy atom. The van der Waals surface area contributed by atoms with Crippen LogP contribution in [0.1, 0.15) is 21.7 Å². The van der Waals surface area contributed by atoms with Crippen molar-refractivity contribution < 1.29 is 23.2 Å². The summed E-state index contributed by atoms with van der Waals surface area (Å²) >= 11 is -0.303. The molecule has 0 spiro atoms. The Balaban J connectivity index is 2.18. The zero-order valence-corrected chi connectivity index (χ0v) is 13.2. The van der Waals surface area contributed by atoms with Gasteiger partial charge < -0.3 is 0 Å². The fraction of sp³-hybridized carbons (Fsp3) is 0.176. The Bertz CT molecular complexity index is 596. The second-order valence-electron chi connectivity index (χ2n) is 4.78. The van der Waals surface area contributed by atoms with Crippen LogP contribution < -0.4 is 0 Å². The van der Waals surface area contributed by atoms with Gasteiger partial charge in [-0.2, -0.15) is 0 Å². The molecule has 0 N–H and O–H groups in total. The van der Waals surface area contributed by atoms with Crippen LogP contribution in [-0.4, -0.2) is 0 Å². The van der Waals surface area contributed by atoms with Crippen LogP contribution in [0.15, 0.2) is 54.1 Å². The standard InChI is InChI=1S/C16H13.CH3.Zr/c1-12-10-14-8-5-9-15(16(14)11-12)13-6-3-2-4-7-13;;/h2-11H,1H3;1H3;. The van der Waals surface area contributed by atoms with Crippen LogP contribution in [-0.2, 0) is 23.2 Å². The summed E-state index contributed by atoms with van der Waals surface area (Å²) in [5, 5.41) is 0. The molecule has 1 atom stereocenters. The maximum atomic E-state index is 2.44. The van der Waals surface area contributed by atoms with Gasteiger partial charge in [-0.25, -0.2) is 0 Å². The molecule has 1 aliphatic rings. The van der Waals surface area contributed by atoms with Gasteiger partial charge in [0.25, 0.3) is 0 Å². The predicted molar refractivity (Wildman–Crippen MR) is 74.1 cm³/mol. The van der Waals surface area contributed by atoms with Crippen LogP contribution in [0.3, 0.4) is 0 Å². The quantitative estimate of drug-likeness (QED) is 0.737. The van der Waals surface area contributed by atoms with E-state index < -0.39 is 0 Å². The fourth-order valence-electron chi connectivity index (χ4n) is 2.80. The number of rotatable bonds is 2. The molecule has 88 valence electrons. The molecule has 0 saturated carbocycles. The molecule has 1 unspecified atom stereocenters. The van der Waals surface area contributed by atoms with E-state index in [-0.39, 0.29) is 23.2 Å². The van der Waals surface area contributed by atoms with Crippen LogP contribution in [0.25, 0.3) is 17.2 Å². The molecular formula is C17H16Zr. The number of hydrogen-bond acceptors (Lipinski definition) is 0. The van der Waals surface area contributed by atoms with Gasteiger partial charge in [0.1, 0.15) is 0 Å². The van der Waals surface area contributed by atoms with Crippen molar-refractivity contribution in [3.05, 3.63) is 65.2 Å². The van der Waals surface area contributed by atoms with E-state index in [4.69, 9.17) is 0 Å². The summed E-state index contributed by atoms with van der Waals surface area (Å²) in [6.45, 7) is 2.30. The van der Waals surface area contributed by atoms with E-state index >= 15 is 0 Å². The van der Waals surface area contributed by atoms with Crippen molar-refractivity contribution >= 4 is 6.08 Å². The minimum atomic E-state index is -0.303. The first-order chi connectivity index (χ1) is 8.81. The third-order valence-corrected chi connectivity index (χ3v) is 6.95. The third-order valence-electron chi connectivity index (χ3n) is 3.65. The van der Waals surface area contributed by atoms with Gasteiger partial charge in [-0.1, -0.05) is 0 Å². The molecule has 0 bridgehead atoms. The van der Waals surface area contributed by atoms with Gasteiger partial charge >= 0.3 is 121 Å². The molecule has 1 heteroatoms. The molecule has 2 aromatic carbocycles. The molecule has 0 fully saturated rings. The van der Waals surface area contributed by atoms with E-state index in [0.717, 1.165) is 3.63 Å². The second kappa shape index (κ2) is 4.98. The van der Waals surface area contributed by atoms with Crippen LogP contribution in [0.5, 0.6) is 0 Å². The van der Waals surface area contributed by atoms with E-state index in [1.807, 2.05) is 0 Å². The summed E-state index contributed by atoms with van der Waals surface area (Å²) in [6.07, 6.45) is 2.41. The van der Waals surface area contributed by atoms with E-state index in [1.165, 1.54) is 16.7 Å². The third kappa shape index (κ3) is 1.95. The van der Waals surface area contributed by atoms with Crippen LogP contribution >= 0.6 is 0 Å². The van der Waals surface area contributed by atoms with Gasteiger partial charge in [0.15, 0.2) is 0 Å². The summed E-state index contributed by atoms with van der Waals surface area (Å²) in [6, 6.07) is 17.5. The van der Waals surface area contributed by atoms with Gasteiger partial charge in [0.2, 0.25) is 0 Å². The van der Waals surface area contributed by atoms with E-state index in [1.54, 1.807) is 11.1 Å². The second-order valence-corrected chi connectivity index (χ2v) is 7.62. The van der Waals surface area contributed by atoms with Crippen molar-refractivity contribution in [3.8, 4) is 11.1 Å². The SMILES string of the molecule is [CH3][Zr][CH]1C(C)=Cc2c(-c3ccccc3)cccc21. The Morgan fingerprint density at radius 1 is 0.944 bits per heavy atom. The fourth-order valence-corrected chi connectivity index (χ4v) is 5.51. The summed E-state index contributed by atoms with van der Waals surface area (Å²) in [4.78, 5) is 0. The summed E-state index contributed by atoms with van der Waals surface area (Å²) in [7, 11) is 0. The van der Waals surface area contributed by atoms with Crippen LogP contribution in [0, 0.1) is 0 Å². The van der Waals surface area contributed by atoms with Crippen molar-refractivity contribution in [2.45, 2.75) is 15.2 Å². The van der Waals surface area contributed by atoms with Gasteiger partial charge in [-0.15, -0.1) is 0 Å². The van der Waals surface area contributed by atoms with Crippen LogP contribution in [0.4, 0.5) is 0 Å². The molecule has 2 aromatic rings. The Labute approximate surface area is 120 Å². The Hall–Kier alpha value is -0.937. The van der Waals surface area contributed by atoms with E-state index in [9.17, 15) is 0 Å². The first-order valence-corrected chi connectivity index (χ1v) is 10.2. The molecule has 0 saturated heterocycles. The Kier molecular flexibility index (Phi) is 3.35. The van der Waals surface area contributed by atoms with Gasteiger partial charge in [-0.3, -0.25) is 0 Å². The molecule has 18 heavy (non-hydrogen) atoms. The maximum absolute atomic E-state index is 2.44. The molecular weight excluding hydrogens is 295 g/mol. The number of allylic oxidation sites excluding steroid dienone is 1. The molecule has 3 rings (SSSR count). The molecule has 0 aromatic heterocycles. The molecule has 0 radical (unpaired) electrons. The Morgan fingerprint density at radius 3 is 2.44 bits per heavy atom. The van der Waals surface area contributed by atoms with Gasteiger partial charge in [-0.05, 0) is 0 Å². The van der Waals surface area contributed by atoms with Gasteiger partial charge in [0, 0.05) is 0 Å². The molecule has 0 heterocycles. The first-order valence-electron chi connectivity index (χ1n) is 6.35. The average molecular weight is 312 g/mol. The summed E-state index contributed by atoms with van der Waals surface area (Å²) < 4.78 is 3.22.